The van der Waals surface area contributed by atoms with Gasteiger partial charge in [-0.2, -0.15) is 0 Å². The Balaban J connectivity index is 2.32. The average molecular weight is 256 g/mol. The first-order chi connectivity index (χ1) is 8.29. The third kappa shape index (κ3) is 5.36. The van der Waals surface area contributed by atoms with Crippen molar-refractivity contribution in [3.63, 3.8) is 0 Å². The smallest absolute Gasteiger partial charge is 0.223 e. The number of hydrogen-bond donors (Lipinski definition) is 2. The number of nitrogens with two attached hydrogens (primary N) is 1. The predicted molar refractivity (Wildman–Crippen MR) is 73.1 cm³/mol. The molecule has 1 heterocycles. The normalized spacial score (nSPS) is 26.7. The van der Waals surface area contributed by atoms with Crippen LogP contribution in [0.2, 0.25) is 0 Å². The lowest BCUT2D eigenvalue weighted by atomic mass is 9.87. The molecular weight excluding hydrogens is 228 g/mol. The van der Waals surface area contributed by atoms with Crippen molar-refractivity contribution in [3.05, 3.63) is 0 Å². The van der Waals surface area contributed by atoms with Gasteiger partial charge in [0, 0.05) is 31.7 Å². The fraction of sp³-hybridized carbons (Fsp3) is 0.929. The van der Waals surface area contributed by atoms with Crippen LogP contribution in [0.1, 0.15) is 40.5 Å². The fourth-order valence-corrected chi connectivity index (χ4v) is 2.49. The van der Waals surface area contributed by atoms with E-state index in [-0.39, 0.29) is 23.3 Å². The van der Waals surface area contributed by atoms with Crippen molar-refractivity contribution in [2.75, 3.05) is 19.8 Å². The molecule has 0 aliphatic carbocycles. The van der Waals surface area contributed by atoms with Crippen molar-refractivity contribution in [2.24, 2.45) is 23.0 Å². The molecule has 0 aromatic rings. The van der Waals surface area contributed by atoms with E-state index < -0.39 is 0 Å². The zero-order valence-electron chi connectivity index (χ0n) is 12.2. The maximum atomic E-state index is 12.1. The quantitative estimate of drug-likeness (QED) is 0.802. The summed E-state index contributed by atoms with van der Waals surface area (Å²) >= 11 is 0. The van der Waals surface area contributed by atoms with Gasteiger partial charge in [-0.3, -0.25) is 4.79 Å². The summed E-state index contributed by atoms with van der Waals surface area (Å²) in [5.74, 6) is 0.522. The zero-order chi connectivity index (χ0) is 13.8. The van der Waals surface area contributed by atoms with Crippen LogP contribution in [0, 0.1) is 17.3 Å². The summed E-state index contributed by atoms with van der Waals surface area (Å²) in [7, 11) is 0. The van der Waals surface area contributed by atoms with Gasteiger partial charge in [0.1, 0.15) is 0 Å². The van der Waals surface area contributed by atoms with Crippen molar-refractivity contribution in [3.8, 4) is 0 Å². The Morgan fingerprint density at radius 2 is 2.17 bits per heavy atom. The molecule has 106 valence electrons. The predicted octanol–water partition coefficient (Wildman–Crippen LogP) is 1.54. The summed E-state index contributed by atoms with van der Waals surface area (Å²) in [6, 6.07) is 0.0316. The fourth-order valence-electron chi connectivity index (χ4n) is 2.49. The van der Waals surface area contributed by atoms with E-state index in [2.05, 4.69) is 33.0 Å². The average Bonchev–Trinajstić information content (AvgIpc) is 2.24. The van der Waals surface area contributed by atoms with Crippen molar-refractivity contribution < 1.29 is 9.53 Å². The van der Waals surface area contributed by atoms with E-state index in [9.17, 15) is 4.79 Å². The van der Waals surface area contributed by atoms with Crippen LogP contribution < -0.4 is 11.1 Å². The number of carbonyl (C=O) groups is 1. The molecule has 3 N–H and O–H groups in total. The van der Waals surface area contributed by atoms with E-state index in [0.29, 0.717) is 25.7 Å². The molecule has 1 rings (SSSR count). The van der Waals surface area contributed by atoms with E-state index in [1.165, 1.54) is 0 Å². The van der Waals surface area contributed by atoms with Crippen LogP contribution in [0.25, 0.3) is 0 Å². The summed E-state index contributed by atoms with van der Waals surface area (Å²) in [5.41, 5.74) is 6.24. The first-order valence-electron chi connectivity index (χ1n) is 6.90. The summed E-state index contributed by atoms with van der Waals surface area (Å²) < 4.78 is 5.35. The molecular formula is C14H28N2O2. The molecule has 1 aliphatic heterocycles. The molecule has 1 aliphatic rings. The lowest BCUT2D eigenvalue weighted by Gasteiger charge is -2.29. The van der Waals surface area contributed by atoms with Gasteiger partial charge in [-0.1, -0.05) is 27.7 Å². The van der Waals surface area contributed by atoms with Gasteiger partial charge in [0.2, 0.25) is 5.91 Å². The summed E-state index contributed by atoms with van der Waals surface area (Å²) in [4.78, 5) is 12.1. The Hall–Kier alpha value is -0.610. The van der Waals surface area contributed by atoms with Gasteiger partial charge in [-0.15, -0.1) is 0 Å². The molecule has 0 bridgehead atoms. The minimum absolute atomic E-state index is 0.0316. The molecule has 1 fully saturated rings. The third-order valence-corrected chi connectivity index (χ3v) is 3.39. The van der Waals surface area contributed by atoms with Crippen molar-refractivity contribution in [1.29, 1.82) is 0 Å². The molecule has 1 saturated heterocycles. The number of rotatable bonds is 4. The highest BCUT2D eigenvalue weighted by atomic mass is 16.5. The molecule has 1 amide bonds. The first kappa shape index (κ1) is 15.4. The minimum atomic E-state index is 0.0316. The molecule has 4 heteroatoms. The largest absolute Gasteiger partial charge is 0.381 e. The zero-order valence-corrected chi connectivity index (χ0v) is 12.2. The van der Waals surface area contributed by atoms with Crippen LogP contribution in [-0.4, -0.2) is 31.7 Å². The van der Waals surface area contributed by atoms with Crippen LogP contribution in [-0.2, 0) is 9.53 Å². The first-order valence-corrected chi connectivity index (χ1v) is 6.90. The van der Waals surface area contributed by atoms with Crippen molar-refractivity contribution in [1.82, 2.24) is 5.32 Å². The Kier molecular flexibility index (Phi) is 5.60. The van der Waals surface area contributed by atoms with Crippen LogP contribution in [0.15, 0.2) is 0 Å². The summed E-state index contributed by atoms with van der Waals surface area (Å²) in [6.07, 6.45) is 1.73. The van der Waals surface area contributed by atoms with Crippen molar-refractivity contribution in [2.45, 2.75) is 46.6 Å². The van der Waals surface area contributed by atoms with Gasteiger partial charge in [-0.05, 0) is 24.2 Å². The summed E-state index contributed by atoms with van der Waals surface area (Å²) in [5, 5.41) is 2.99. The number of carbonyl (C=O) groups excluding carboxylic acids is 1. The second-order valence-corrected chi connectivity index (χ2v) is 6.72. The van der Waals surface area contributed by atoms with E-state index in [0.717, 1.165) is 12.8 Å². The number of hydrogen-bond acceptors (Lipinski definition) is 3. The Morgan fingerprint density at radius 1 is 1.50 bits per heavy atom. The molecule has 0 saturated carbocycles. The van der Waals surface area contributed by atoms with Crippen LogP contribution >= 0.6 is 0 Å². The lowest BCUT2D eigenvalue weighted by Crippen LogP contribution is -2.44. The Labute approximate surface area is 111 Å². The number of nitrogens with one attached hydrogen (secondary N) is 1. The van der Waals surface area contributed by atoms with E-state index in [1.807, 2.05) is 0 Å². The highest BCUT2D eigenvalue weighted by Gasteiger charge is 2.28. The van der Waals surface area contributed by atoms with Crippen molar-refractivity contribution >= 4 is 5.91 Å². The summed E-state index contributed by atoms with van der Waals surface area (Å²) in [6.45, 7) is 10.5. The molecule has 0 spiro atoms. The molecule has 0 aromatic heterocycles. The van der Waals surface area contributed by atoms with Crippen LogP contribution in [0.3, 0.4) is 0 Å². The molecule has 4 nitrogen and oxygen atoms in total. The second-order valence-electron chi connectivity index (χ2n) is 6.72. The Bertz CT molecular complexity index is 273. The molecule has 0 aromatic carbocycles. The maximum absolute atomic E-state index is 12.1. The number of amides is 1. The second kappa shape index (κ2) is 6.53. The van der Waals surface area contributed by atoms with Gasteiger partial charge >= 0.3 is 0 Å². The van der Waals surface area contributed by atoms with Gasteiger partial charge in [0.15, 0.2) is 0 Å². The lowest BCUT2D eigenvalue weighted by molar-refractivity contribution is -0.130. The molecule has 3 atom stereocenters. The van der Waals surface area contributed by atoms with Gasteiger partial charge in [0.05, 0.1) is 0 Å². The van der Waals surface area contributed by atoms with Gasteiger partial charge in [0.25, 0.3) is 0 Å². The van der Waals surface area contributed by atoms with Crippen LogP contribution in [0.4, 0.5) is 0 Å². The third-order valence-electron chi connectivity index (χ3n) is 3.39. The van der Waals surface area contributed by atoms with Crippen LogP contribution in [0.5, 0.6) is 0 Å². The Morgan fingerprint density at radius 3 is 2.72 bits per heavy atom. The standard InChI is InChI=1S/C14H28N2O2/c1-10-9-18-6-5-12(10)13(17)16-8-11(15)7-14(2,3)4/h10-12H,5-9,15H2,1-4H3,(H,16,17). The highest BCUT2D eigenvalue weighted by Crippen LogP contribution is 2.22. The molecule has 3 unspecified atom stereocenters. The maximum Gasteiger partial charge on any atom is 0.223 e. The van der Waals surface area contributed by atoms with Gasteiger partial charge < -0.3 is 15.8 Å². The monoisotopic (exact) mass is 256 g/mol. The van der Waals surface area contributed by atoms with E-state index >= 15 is 0 Å². The van der Waals surface area contributed by atoms with E-state index in [4.69, 9.17) is 10.5 Å². The topological polar surface area (TPSA) is 64.3 Å². The molecule has 18 heavy (non-hydrogen) atoms. The molecule has 0 radical (unpaired) electrons. The van der Waals surface area contributed by atoms with E-state index in [1.54, 1.807) is 0 Å². The van der Waals surface area contributed by atoms with Gasteiger partial charge in [-0.25, -0.2) is 0 Å². The SMILES string of the molecule is CC1COCCC1C(=O)NCC(N)CC(C)(C)C. The highest BCUT2D eigenvalue weighted by molar-refractivity contribution is 5.79. The number of ether oxygens (including phenoxy) is 1. The minimum Gasteiger partial charge on any atom is -0.381 e.